The normalized spacial score (nSPS) is 9.00. The van der Waals surface area contributed by atoms with Gasteiger partial charge < -0.3 is 4.90 Å². The van der Waals surface area contributed by atoms with Crippen molar-refractivity contribution in [2.75, 3.05) is 4.90 Å². The van der Waals surface area contributed by atoms with Gasteiger partial charge in [-0.05, 0) is 24.3 Å². The van der Waals surface area contributed by atoms with Crippen molar-refractivity contribution in [2.45, 2.75) is 0 Å². The van der Waals surface area contributed by atoms with Crippen molar-refractivity contribution in [3.05, 3.63) is 60.7 Å². The lowest BCUT2D eigenvalue weighted by Crippen LogP contribution is -2.12. The number of hydrogen-bond donors (Lipinski definition) is 1. The van der Waals surface area contributed by atoms with Crippen LogP contribution >= 0.6 is 12.4 Å². The first kappa shape index (κ1) is 12.3. The molecule has 0 aliphatic carbocycles. The van der Waals surface area contributed by atoms with Crippen molar-refractivity contribution in [3.8, 4) is 0 Å². The van der Waals surface area contributed by atoms with Gasteiger partial charge in [0.15, 0.2) is 0 Å². The molecule has 16 heavy (non-hydrogen) atoms. The minimum Gasteiger partial charge on any atom is -0.302 e. The molecule has 0 aromatic heterocycles. The first-order valence-electron chi connectivity index (χ1n) is 4.82. The van der Waals surface area contributed by atoms with Gasteiger partial charge in [-0.1, -0.05) is 36.4 Å². The molecule has 0 spiro atoms. The lowest BCUT2D eigenvalue weighted by Gasteiger charge is -2.18. The van der Waals surface area contributed by atoms with E-state index in [1.165, 1.54) is 6.34 Å². The summed E-state index contributed by atoms with van der Waals surface area (Å²) in [7, 11) is 0. The van der Waals surface area contributed by atoms with Gasteiger partial charge in [-0.3, -0.25) is 5.41 Å². The highest BCUT2D eigenvalue weighted by atomic mass is 35.5. The molecule has 3 heteroatoms. The maximum Gasteiger partial charge on any atom is 0.0907 e. The fraction of sp³-hybridized carbons (Fsp3) is 0. The van der Waals surface area contributed by atoms with E-state index in [9.17, 15) is 0 Å². The average molecular weight is 233 g/mol. The molecule has 0 radical (unpaired) electrons. The number of anilines is 2. The van der Waals surface area contributed by atoms with E-state index in [4.69, 9.17) is 5.41 Å². The third kappa shape index (κ3) is 2.61. The SMILES string of the molecule is Cl.N=CN(c1ccccc1)c1ccccc1. The van der Waals surface area contributed by atoms with Crippen molar-refractivity contribution < 1.29 is 0 Å². The number of benzene rings is 2. The highest BCUT2D eigenvalue weighted by Gasteiger charge is 2.03. The van der Waals surface area contributed by atoms with Gasteiger partial charge in [-0.2, -0.15) is 0 Å². The van der Waals surface area contributed by atoms with Crippen LogP contribution in [0, 0.1) is 5.41 Å². The second-order valence-corrected chi connectivity index (χ2v) is 3.17. The molecule has 0 saturated carbocycles. The molecular weight excluding hydrogens is 220 g/mol. The maximum atomic E-state index is 7.44. The van der Waals surface area contributed by atoms with Crippen LogP contribution in [0.3, 0.4) is 0 Å². The molecule has 0 heterocycles. The molecule has 0 fully saturated rings. The van der Waals surface area contributed by atoms with Crippen LogP contribution in [0.1, 0.15) is 0 Å². The molecule has 0 saturated heterocycles. The van der Waals surface area contributed by atoms with E-state index in [2.05, 4.69) is 0 Å². The Morgan fingerprint density at radius 2 is 1.12 bits per heavy atom. The quantitative estimate of drug-likeness (QED) is 0.632. The Morgan fingerprint density at radius 1 is 0.750 bits per heavy atom. The van der Waals surface area contributed by atoms with Crippen molar-refractivity contribution in [3.63, 3.8) is 0 Å². The summed E-state index contributed by atoms with van der Waals surface area (Å²) in [5.74, 6) is 0. The fourth-order valence-electron chi connectivity index (χ4n) is 1.48. The van der Waals surface area contributed by atoms with Crippen molar-refractivity contribution in [2.24, 2.45) is 0 Å². The Bertz CT molecular complexity index is 389. The van der Waals surface area contributed by atoms with E-state index >= 15 is 0 Å². The smallest absolute Gasteiger partial charge is 0.0907 e. The molecule has 1 N–H and O–H groups in total. The zero-order chi connectivity index (χ0) is 10.5. The summed E-state index contributed by atoms with van der Waals surface area (Å²) in [4.78, 5) is 1.83. The summed E-state index contributed by atoms with van der Waals surface area (Å²) >= 11 is 0. The van der Waals surface area contributed by atoms with Gasteiger partial charge in [0.25, 0.3) is 0 Å². The zero-order valence-corrected chi connectivity index (χ0v) is 9.52. The molecule has 0 aliphatic rings. The van der Waals surface area contributed by atoms with Gasteiger partial charge in [-0.15, -0.1) is 12.4 Å². The minimum absolute atomic E-state index is 0. The van der Waals surface area contributed by atoms with E-state index in [0.29, 0.717) is 0 Å². The van der Waals surface area contributed by atoms with Gasteiger partial charge >= 0.3 is 0 Å². The Morgan fingerprint density at radius 3 is 1.44 bits per heavy atom. The number of para-hydroxylation sites is 2. The van der Waals surface area contributed by atoms with E-state index in [1.54, 1.807) is 0 Å². The number of rotatable bonds is 3. The molecule has 0 atom stereocenters. The summed E-state index contributed by atoms with van der Waals surface area (Å²) in [6.07, 6.45) is 1.32. The van der Waals surface area contributed by atoms with Crippen LogP contribution in [-0.2, 0) is 0 Å². The summed E-state index contributed by atoms with van der Waals surface area (Å²) in [6, 6.07) is 19.7. The lowest BCUT2D eigenvalue weighted by molar-refractivity contribution is 1.34. The van der Waals surface area contributed by atoms with E-state index < -0.39 is 0 Å². The maximum absolute atomic E-state index is 7.44. The van der Waals surface area contributed by atoms with Crippen LogP contribution in [0.25, 0.3) is 0 Å². The monoisotopic (exact) mass is 232 g/mol. The molecule has 2 nitrogen and oxygen atoms in total. The number of halogens is 1. The first-order valence-corrected chi connectivity index (χ1v) is 4.82. The number of nitrogens with zero attached hydrogens (tertiary/aromatic N) is 1. The molecule has 2 aromatic carbocycles. The molecule has 2 rings (SSSR count). The van der Waals surface area contributed by atoms with E-state index in [0.717, 1.165) is 11.4 Å². The molecule has 82 valence electrons. The van der Waals surface area contributed by atoms with Crippen LogP contribution in [0.15, 0.2) is 60.7 Å². The van der Waals surface area contributed by atoms with E-state index in [-0.39, 0.29) is 12.4 Å². The molecule has 2 aromatic rings. The molecule has 0 unspecified atom stereocenters. The average Bonchev–Trinajstić information content (AvgIpc) is 2.33. The van der Waals surface area contributed by atoms with Gasteiger partial charge in [0.05, 0.1) is 6.34 Å². The Hall–Kier alpha value is -1.80. The predicted octanol–water partition coefficient (Wildman–Crippen LogP) is 3.85. The van der Waals surface area contributed by atoms with Crippen LogP contribution in [0.5, 0.6) is 0 Å². The minimum atomic E-state index is 0. The summed E-state index contributed by atoms with van der Waals surface area (Å²) in [5, 5.41) is 7.44. The highest BCUT2D eigenvalue weighted by Crippen LogP contribution is 2.22. The molecular formula is C13H13ClN2. The fourth-order valence-corrected chi connectivity index (χ4v) is 1.48. The Labute approximate surface area is 101 Å². The molecule has 0 amide bonds. The highest BCUT2D eigenvalue weighted by molar-refractivity contribution is 5.87. The van der Waals surface area contributed by atoms with E-state index in [1.807, 2.05) is 65.6 Å². The van der Waals surface area contributed by atoms with Crippen molar-refractivity contribution in [1.29, 1.82) is 5.41 Å². The predicted molar refractivity (Wildman–Crippen MR) is 71.1 cm³/mol. The van der Waals surface area contributed by atoms with Crippen LogP contribution in [0.4, 0.5) is 11.4 Å². The summed E-state index contributed by atoms with van der Waals surface area (Å²) in [5.41, 5.74) is 2.00. The third-order valence-corrected chi connectivity index (χ3v) is 2.20. The van der Waals surface area contributed by atoms with Gasteiger partial charge in [-0.25, -0.2) is 0 Å². The van der Waals surface area contributed by atoms with Crippen molar-refractivity contribution in [1.82, 2.24) is 0 Å². The Balaban J connectivity index is 0.00000128. The summed E-state index contributed by atoms with van der Waals surface area (Å²) < 4.78 is 0. The van der Waals surface area contributed by atoms with Crippen LogP contribution in [0.2, 0.25) is 0 Å². The van der Waals surface area contributed by atoms with Gasteiger partial charge in [0.1, 0.15) is 0 Å². The first-order chi connectivity index (χ1) is 7.42. The zero-order valence-electron chi connectivity index (χ0n) is 8.71. The van der Waals surface area contributed by atoms with Gasteiger partial charge in [0.2, 0.25) is 0 Å². The second-order valence-electron chi connectivity index (χ2n) is 3.17. The second kappa shape index (κ2) is 5.93. The molecule has 0 aliphatic heterocycles. The largest absolute Gasteiger partial charge is 0.302 e. The summed E-state index contributed by atoms with van der Waals surface area (Å²) in [6.45, 7) is 0. The number of hydrogen-bond acceptors (Lipinski definition) is 1. The topological polar surface area (TPSA) is 27.1 Å². The van der Waals surface area contributed by atoms with Crippen molar-refractivity contribution >= 4 is 30.1 Å². The number of nitrogens with one attached hydrogen (secondary N) is 1. The third-order valence-electron chi connectivity index (χ3n) is 2.20. The lowest BCUT2D eigenvalue weighted by atomic mass is 10.2. The standard InChI is InChI=1S/C13H12N2.ClH/c14-11-15(12-7-3-1-4-8-12)13-9-5-2-6-10-13;/h1-11,14H;1H. The van der Waals surface area contributed by atoms with Crippen LogP contribution < -0.4 is 4.90 Å². The molecule has 0 bridgehead atoms. The van der Waals surface area contributed by atoms with Crippen LogP contribution in [-0.4, -0.2) is 6.34 Å². The Kier molecular flexibility index (Phi) is 4.55. The van der Waals surface area contributed by atoms with Gasteiger partial charge in [0, 0.05) is 11.4 Å².